The number of amidine groups is 1. The first-order valence-electron chi connectivity index (χ1n) is 9.83. The molecule has 0 unspecified atom stereocenters. The maximum Gasteiger partial charge on any atom is 0.283 e. The average molecular weight is 439 g/mol. The summed E-state index contributed by atoms with van der Waals surface area (Å²) in [6.45, 7) is 5.20. The van der Waals surface area contributed by atoms with E-state index in [0.717, 1.165) is 5.56 Å². The third-order valence-corrected chi connectivity index (χ3v) is 7.15. The van der Waals surface area contributed by atoms with Gasteiger partial charge in [0.2, 0.25) is 6.04 Å². The maximum atomic E-state index is 12.8. The molecule has 3 saturated heterocycles. The second-order valence-electron chi connectivity index (χ2n) is 8.46. The van der Waals surface area contributed by atoms with Crippen molar-refractivity contribution < 1.29 is 27.9 Å². The minimum Gasteiger partial charge on any atom is -0.388 e. The topological polar surface area (TPSA) is 132 Å². The Morgan fingerprint density at radius 2 is 1.87 bits per heavy atom. The fourth-order valence-electron chi connectivity index (χ4n) is 4.51. The summed E-state index contributed by atoms with van der Waals surface area (Å²) >= 11 is 0. The standard InChI is InChI=1S/C19H25N3O7S/c1-11-4-6-12(7-5-11)30(26,27)20-15-9-8-13(22(24)25)16-18-17(14(23)10-21(15)16)28-19(2,3)29-18/h4-7,13-14,16-18,23H,8-10H2,1-3H3/b20-15+/t13-,14+,16-,17+,18-/m0/s1. The van der Waals surface area contributed by atoms with Crippen LogP contribution >= 0.6 is 0 Å². The smallest absolute Gasteiger partial charge is 0.283 e. The molecule has 5 atom stereocenters. The van der Waals surface area contributed by atoms with Gasteiger partial charge in [0.15, 0.2) is 5.79 Å². The monoisotopic (exact) mass is 439 g/mol. The second-order valence-corrected chi connectivity index (χ2v) is 10.1. The molecule has 30 heavy (non-hydrogen) atoms. The molecule has 0 amide bonds. The van der Waals surface area contributed by atoms with Gasteiger partial charge in [-0.25, -0.2) is 0 Å². The molecule has 0 bridgehead atoms. The number of sulfonamides is 1. The molecular formula is C19H25N3O7S. The molecule has 0 spiro atoms. The summed E-state index contributed by atoms with van der Waals surface area (Å²) in [5.41, 5.74) is 0.916. The van der Waals surface area contributed by atoms with Crippen LogP contribution < -0.4 is 0 Å². The Bertz CT molecular complexity index is 976. The normalized spacial score (nSPS) is 34.5. The molecule has 1 aromatic rings. The molecule has 0 saturated carbocycles. The van der Waals surface area contributed by atoms with E-state index in [1.54, 1.807) is 26.0 Å². The van der Waals surface area contributed by atoms with Crippen LogP contribution in [0.15, 0.2) is 33.6 Å². The first-order chi connectivity index (χ1) is 14.0. The zero-order chi connectivity index (χ0) is 21.8. The Kier molecular flexibility index (Phi) is 5.12. The van der Waals surface area contributed by atoms with Crippen molar-refractivity contribution in [2.75, 3.05) is 6.54 Å². The number of piperidine rings is 2. The number of rotatable bonds is 3. The number of aryl methyl sites for hydroxylation is 1. The Hall–Kier alpha value is -2.08. The van der Waals surface area contributed by atoms with Gasteiger partial charge in [0, 0.05) is 24.3 Å². The van der Waals surface area contributed by atoms with E-state index >= 15 is 0 Å². The average Bonchev–Trinajstić information content (AvgIpc) is 2.98. The highest BCUT2D eigenvalue weighted by Crippen LogP contribution is 2.41. The number of aliphatic hydroxyl groups is 1. The van der Waals surface area contributed by atoms with Gasteiger partial charge in [0.05, 0.1) is 4.90 Å². The number of aliphatic hydroxyl groups excluding tert-OH is 1. The summed E-state index contributed by atoms with van der Waals surface area (Å²) in [5.74, 6) is -0.805. The van der Waals surface area contributed by atoms with Crippen molar-refractivity contribution in [1.29, 1.82) is 0 Å². The maximum absolute atomic E-state index is 12.8. The van der Waals surface area contributed by atoms with E-state index in [-0.39, 0.29) is 35.0 Å². The van der Waals surface area contributed by atoms with Crippen LogP contribution in [0.2, 0.25) is 0 Å². The van der Waals surface area contributed by atoms with Gasteiger partial charge < -0.3 is 19.5 Å². The lowest BCUT2D eigenvalue weighted by molar-refractivity contribution is -0.535. The Labute approximate surface area is 174 Å². The lowest BCUT2D eigenvalue weighted by Crippen LogP contribution is -2.68. The van der Waals surface area contributed by atoms with E-state index in [4.69, 9.17) is 9.47 Å². The summed E-state index contributed by atoms with van der Waals surface area (Å²) < 4.78 is 41.4. The Balaban J connectivity index is 1.72. The SMILES string of the molecule is Cc1ccc(S(=O)(=O)/N=C2\CC[C@H]([N+](=O)[O-])[C@H]3[C@@H]4OC(C)(C)O[C@@H]4[C@H](O)CN23)cc1. The van der Waals surface area contributed by atoms with Crippen LogP contribution in [0.5, 0.6) is 0 Å². The highest BCUT2D eigenvalue weighted by Gasteiger charge is 2.60. The summed E-state index contributed by atoms with van der Waals surface area (Å²) in [6, 6.07) is 4.55. The lowest BCUT2D eigenvalue weighted by atomic mass is 9.84. The van der Waals surface area contributed by atoms with E-state index < -0.39 is 46.2 Å². The number of nitro groups is 1. The molecule has 164 valence electrons. The van der Waals surface area contributed by atoms with Gasteiger partial charge >= 0.3 is 0 Å². The molecule has 3 fully saturated rings. The van der Waals surface area contributed by atoms with Crippen LogP contribution in [0, 0.1) is 17.0 Å². The van der Waals surface area contributed by atoms with E-state index in [1.807, 2.05) is 6.92 Å². The summed E-state index contributed by atoms with van der Waals surface area (Å²) in [5, 5.41) is 22.4. The van der Waals surface area contributed by atoms with Crippen LogP contribution in [0.3, 0.4) is 0 Å². The van der Waals surface area contributed by atoms with Gasteiger partial charge in [0.25, 0.3) is 10.0 Å². The summed E-state index contributed by atoms with van der Waals surface area (Å²) in [4.78, 5) is 13.0. The van der Waals surface area contributed by atoms with Crippen LogP contribution in [-0.4, -0.2) is 71.9 Å². The molecule has 10 nitrogen and oxygen atoms in total. The van der Waals surface area contributed by atoms with Gasteiger partial charge in [-0.05, 0) is 32.9 Å². The quantitative estimate of drug-likeness (QED) is 0.547. The Morgan fingerprint density at radius 3 is 2.50 bits per heavy atom. The van der Waals surface area contributed by atoms with Gasteiger partial charge in [-0.2, -0.15) is 8.42 Å². The highest BCUT2D eigenvalue weighted by atomic mass is 32.2. The largest absolute Gasteiger partial charge is 0.388 e. The van der Waals surface area contributed by atoms with Crippen LogP contribution in [0.1, 0.15) is 32.3 Å². The zero-order valence-corrected chi connectivity index (χ0v) is 17.8. The van der Waals surface area contributed by atoms with E-state index in [2.05, 4.69) is 4.40 Å². The molecule has 1 aromatic carbocycles. The third-order valence-electron chi connectivity index (χ3n) is 5.83. The number of benzene rings is 1. The molecule has 1 N–H and O–H groups in total. The van der Waals surface area contributed by atoms with Crippen LogP contribution in [-0.2, 0) is 19.5 Å². The third kappa shape index (κ3) is 3.70. The van der Waals surface area contributed by atoms with Crippen molar-refractivity contribution in [2.24, 2.45) is 4.40 Å². The second kappa shape index (κ2) is 7.26. The summed E-state index contributed by atoms with van der Waals surface area (Å²) in [7, 11) is -4.00. The van der Waals surface area contributed by atoms with E-state index in [0.29, 0.717) is 0 Å². The highest BCUT2D eigenvalue weighted by molar-refractivity contribution is 7.90. The molecule has 0 aliphatic carbocycles. The van der Waals surface area contributed by atoms with Crippen LogP contribution in [0.4, 0.5) is 0 Å². The fourth-order valence-corrected chi connectivity index (χ4v) is 5.57. The van der Waals surface area contributed by atoms with Gasteiger partial charge in [0.1, 0.15) is 30.2 Å². The number of nitrogens with zero attached hydrogens (tertiary/aromatic N) is 3. The fraction of sp³-hybridized carbons (Fsp3) is 0.632. The zero-order valence-electron chi connectivity index (χ0n) is 17.0. The molecular weight excluding hydrogens is 414 g/mol. The molecule has 11 heteroatoms. The predicted molar refractivity (Wildman–Crippen MR) is 106 cm³/mol. The number of hydrogen-bond acceptors (Lipinski definition) is 7. The van der Waals surface area contributed by atoms with Crippen molar-refractivity contribution in [1.82, 2.24) is 4.90 Å². The number of fused-ring (bicyclic) bond motifs is 3. The van der Waals surface area contributed by atoms with Crippen molar-refractivity contribution in [3.8, 4) is 0 Å². The van der Waals surface area contributed by atoms with Crippen molar-refractivity contribution in [3.63, 3.8) is 0 Å². The molecule has 3 aliphatic heterocycles. The van der Waals surface area contributed by atoms with E-state index in [9.17, 15) is 23.6 Å². The van der Waals surface area contributed by atoms with Gasteiger partial charge in [-0.1, -0.05) is 17.7 Å². The minimum atomic E-state index is -4.00. The van der Waals surface area contributed by atoms with Gasteiger partial charge in [-0.15, -0.1) is 4.40 Å². The Morgan fingerprint density at radius 1 is 1.23 bits per heavy atom. The van der Waals surface area contributed by atoms with Crippen molar-refractivity contribution in [3.05, 3.63) is 39.9 Å². The molecule has 4 rings (SSSR count). The molecule has 3 heterocycles. The van der Waals surface area contributed by atoms with Gasteiger partial charge in [-0.3, -0.25) is 10.1 Å². The number of hydrogen-bond donors (Lipinski definition) is 1. The summed E-state index contributed by atoms with van der Waals surface area (Å²) in [6.07, 6.45) is -2.25. The first kappa shape index (κ1) is 21.2. The molecule has 0 radical (unpaired) electrons. The number of ether oxygens (including phenoxy) is 2. The predicted octanol–water partition coefficient (Wildman–Crippen LogP) is 1.09. The van der Waals surface area contributed by atoms with Crippen molar-refractivity contribution in [2.45, 2.75) is 74.7 Å². The molecule has 3 aliphatic rings. The van der Waals surface area contributed by atoms with Crippen LogP contribution in [0.25, 0.3) is 0 Å². The first-order valence-corrected chi connectivity index (χ1v) is 11.3. The van der Waals surface area contributed by atoms with E-state index in [1.165, 1.54) is 17.0 Å². The van der Waals surface area contributed by atoms with Crippen molar-refractivity contribution >= 4 is 15.9 Å². The minimum absolute atomic E-state index is 0.0160. The molecule has 0 aromatic heterocycles. The lowest BCUT2D eigenvalue weighted by Gasteiger charge is -2.47.